The largest absolute Gasteiger partial charge is 0.477 e. The third-order valence-corrected chi connectivity index (χ3v) is 3.17. The van der Waals surface area contributed by atoms with Crippen LogP contribution in [0.25, 0.3) is 0 Å². The average Bonchev–Trinajstić information content (AvgIpc) is 2.42. The number of amides is 1. The molecule has 0 unspecified atom stereocenters. The Kier molecular flexibility index (Phi) is 3.99. The summed E-state index contributed by atoms with van der Waals surface area (Å²) in [5.41, 5.74) is 6.79. The molecule has 0 aliphatic heterocycles. The van der Waals surface area contributed by atoms with Crippen LogP contribution >= 0.6 is 15.9 Å². The fraction of sp³-hybridized carbons (Fsp3) is 0. The molecule has 0 aliphatic carbocycles. The summed E-state index contributed by atoms with van der Waals surface area (Å²) in [6.45, 7) is 0. The van der Waals surface area contributed by atoms with Gasteiger partial charge in [-0.1, -0.05) is 0 Å². The number of benzene rings is 1. The number of hydrogen-bond donors (Lipinski definition) is 3. The maximum Gasteiger partial charge on any atom is 0.354 e. The molecule has 1 heterocycles. The molecule has 6 nitrogen and oxygen atoms in total. The lowest BCUT2D eigenvalue weighted by Crippen LogP contribution is -2.13. The molecular weight excluding hydrogens is 326 g/mol. The predicted octanol–water partition coefficient (Wildman–Crippen LogP) is 2.38. The summed E-state index contributed by atoms with van der Waals surface area (Å²) in [6.07, 6.45) is 1.28. The minimum atomic E-state index is -1.12. The maximum atomic E-state index is 12.1. The van der Waals surface area contributed by atoms with Crippen molar-refractivity contribution in [2.45, 2.75) is 0 Å². The molecule has 20 heavy (non-hydrogen) atoms. The van der Waals surface area contributed by atoms with Crippen LogP contribution in [0, 0.1) is 0 Å². The Bertz CT molecular complexity index is 671. The number of carboxylic acids is 1. The topological polar surface area (TPSA) is 105 Å². The van der Waals surface area contributed by atoms with E-state index in [1.807, 2.05) is 0 Å². The molecular formula is C13H10BrN3O3. The summed E-state index contributed by atoms with van der Waals surface area (Å²) in [7, 11) is 0. The molecule has 0 atom stereocenters. The number of nitrogens with zero attached hydrogens (tertiary/aromatic N) is 1. The summed E-state index contributed by atoms with van der Waals surface area (Å²) >= 11 is 3.27. The summed E-state index contributed by atoms with van der Waals surface area (Å²) in [5.74, 6) is -1.49. The number of nitrogen functional groups attached to an aromatic ring is 1. The first-order valence-electron chi connectivity index (χ1n) is 5.53. The van der Waals surface area contributed by atoms with E-state index in [-0.39, 0.29) is 11.6 Å². The van der Waals surface area contributed by atoms with E-state index in [1.54, 1.807) is 18.2 Å². The summed E-state index contributed by atoms with van der Waals surface area (Å²) in [5, 5.41) is 11.3. The Morgan fingerprint density at radius 3 is 2.60 bits per heavy atom. The zero-order chi connectivity index (χ0) is 14.7. The van der Waals surface area contributed by atoms with Gasteiger partial charge in [0.05, 0.1) is 17.4 Å². The van der Waals surface area contributed by atoms with Gasteiger partial charge in [0, 0.05) is 10.2 Å². The Morgan fingerprint density at radius 1 is 1.25 bits per heavy atom. The quantitative estimate of drug-likeness (QED) is 0.747. The molecule has 2 aromatic rings. The number of pyridine rings is 1. The van der Waals surface area contributed by atoms with E-state index in [2.05, 4.69) is 26.2 Å². The van der Waals surface area contributed by atoms with E-state index >= 15 is 0 Å². The summed E-state index contributed by atoms with van der Waals surface area (Å²) in [4.78, 5) is 26.4. The van der Waals surface area contributed by atoms with Crippen LogP contribution in [0.4, 0.5) is 11.4 Å². The number of halogens is 1. The van der Waals surface area contributed by atoms with Gasteiger partial charge in [-0.2, -0.15) is 0 Å². The third kappa shape index (κ3) is 3.12. The number of anilines is 2. The van der Waals surface area contributed by atoms with Gasteiger partial charge in [-0.15, -0.1) is 0 Å². The van der Waals surface area contributed by atoms with Gasteiger partial charge >= 0.3 is 5.97 Å². The second-order valence-electron chi connectivity index (χ2n) is 3.93. The molecule has 0 bridgehead atoms. The number of carbonyl (C=O) groups is 2. The number of nitrogens with one attached hydrogen (secondary N) is 1. The molecule has 102 valence electrons. The predicted molar refractivity (Wildman–Crippen MR) is 77.7 cm³/mol. The van der Waals surface area contributed by atoms with Gasteiger partial charge < -0.3 is 16.2 Å². The molecule has 0 saturated heterocycles. The van der Waals surface area contributed by atoms with Gasteiger partial charge in [0.25, 0.3) is 5.91 Å². The average molecular weight is 336 g/mol. The van der Waals surface area contributed by atoms with Crippen molar-refractivity contribution in [1.29, 1.82) is 0 Å². The molecule has 0 saturated carbocycles. The first-order valence-corrected chi connectivity index (χ1v) is 6.32. The van der Waals surface area contributed by atoms with Gasteiger partial charge in [0.2, 0.25) is 0 Å². The summed E-state index contributed by atoms with van der Waals surface area (Å²) in [6, 6.07) is 7.67. The first kappa shape index (κ1) is 14.0. The van der Waals surface area contributed by atoms with Crippen LogP contribution in [0.1, 0.15) is 20.8 Å². The van der Waals surface area contributed by atoms with E-state index in [9.17, 15) is 9.59 Å². The molecule has 0 fully saturated rings. The van der Waals surface area contributed by atoms with Crippen LogP contribution in [0.3, 0.4) is 0 Å². The minimum absolute atomic E-state index is 0.0897. The number of hydrogen-bond acceptors (Lipinski definition) is 4. The van der Waals surface area contributed by atoms with Gasteiger partial charge in [-0.05, 0) is 46.3 Å². The van der Waals surface area contributed by atoms with Crippen LogP contribution in [0.15, 0.2) is 41.0 Å². The van der Waals surface area contributed by atoms with E-state index in [0.29, 0.717) is 21.4 Å². The number of nitrogens with two attached hydrogens (primary N) is 1. The van der Waals surface area contributed by atoms with Gasteiger partial charge in [-0.3, -0.25) is 4.79 Å². The van der Waals surface area contributed by atoms with Gasteiger partial charge in [0.1, 0.15) is 5.69 Å². The first-order chi connectivity index (χ1) is 9.47. The number of carboxylic acid groups (broad SMARTS) is 1. The van der Waals surface area contributed by atoms with Crippen LogP contribution in [-0.4, -0.2) is 22.0 Å². The zero-order valence-electron chi connectivity index (χ0n) is 10.1. The number of aromatic nitrogens is 1. The molecule has 4 N–H and O–H groups in total. The Morgan fingerprint density at radius 2 is 2.00 bits per heavy atom. The number of rotatable bonds is 3. The Balaban J connectivity index is 2.19. The van der Waals surface area contributed by atoms with Gasteiger partial charge in [-0.25, -0.2) is 9.78 Å². The minimum Gasteiger partial charge on any atom is -0.477 e. The SMILES string of the molecule is Nc1ccc(Br)c(C(=O)Nc2ccc(C(=O)O)nc2)c1. The highest BCUT2D eigenvalue weighted by Crippen LogP contribution is 2.20. The van der Waals surface area contributed by atoms with Crippen molar-refractivity contribution in [1.82, 2.24) is 4.98 Å². The van der Waals surface area contributed by atoms with Crippen LogP contribution in [0.5, 0.6) is 0 Å². The van der Waals surface area contributed by atoms with Crippen molar-refractivity contribution < 1.29 is 14.7 Å². The second-order valence-corrected chi connectivity index (χ2v) is 4.79. The second kappa shape index (κ2) is 5.70. The Labute approximate surface area is 122 Å². The number of aromatic carboxylic acids is 1. The molecule has 0 radical (unpaired) electrons. The normalized spacial score (nSPS) is 10.1. The monoisotopic (exact) mass is 335 g/mol. The van der Waals surface area contributed by atoms with Crippen LogP contribution < -0.4 is 11.1 Å². The summed E-state index contributed by atoms with van der Waals surface area (Å²) < 4.78 is 0.610. The molecule has 0 spiro atoms. The van der Waals surface area contributed by atoms with E-state index in [4.69, 9.17) is 10.8 Å². The van der Waals surface area contributed by atoms with Crippen molar-refractivity contribution in [3.05, 3.63) is 52.3 Å². The van der Waals surface area contributed by atoms with Crippen molar-refractivity contribution >= 4 is 39.2 Å². The van der Waals surface area contributed by atoms with E-state index in [1.165, 1.54) is 18.3 Å². The molecule has 1 aromatic heterocycles. The maximum absolute atomic E-state index is 12.1. The lowest BCUT2D eigenvalue weighted by molar-refractivity contribution is 0.0690. The third-order valence-electron chi connectivity index (χ3n) is 2.48. The fourth-order valence-electron chi connectivity index (χ4n) is 1.51. The fourth-order valence-corrected chi connectivity index (χ4v) is 1.94. The molecule has 1 aromatic carbocycles. The highest BCUT2D eigenvalue weighted by atomic mass is 79.9. The molecule has 7 heteroatoms. The van der Waals surface area contributed by atoms with Crippen molar-refractivity contribution in [2.24, 2.45) is 0 Å². The van der Waals surface area contributed by atoms with Crippen molar-refractivity contribution in [3.63, 3.8) is 0 Å². The number of carbonyl (C=O) groups excluding carboxylic acids is 1. The lowest BCUT2D eigenvalue weighted by atomic mass is 10.2. The smallest absolute Gasteiger partial charge is 0.354 e. The molecule has 2 rings (SSSR count). The highest BCUT2D eigenvalue weighted by molar-refractivity contribution is 9.10. The van der Waals surface area contributed by atoms with Crippen LogP contribution in [0.2, 0.25) is 0 Å². The van der Waals surface area contributed by atoms with Crippen molar-refractivity contribution in [2.75, 3.05) is 11.1 Å². The van der Waals surface area contributed by atoms with E-state index < -0.39 is 5.97 Å². The molecule has 1 amide bonds. The Hall–Kier alpha value is -2.41. The van der Waals surface area contributed by atoms with E-state index in [0.717, 1.165) is 0 Å². The lowest BCUT2D eigenvalue weighted by Gasteiger charge is -2.07. The zero-order valence-corrected chi connectivity index (χ0v) is 11.7. The van der Waals surface area contributed by atoms with Crippen LogP contribution in [-0.2, 0) is 0 Å². The molecule has 0 aliphatic rings. The van der Waals surface area contributed by atoms with Crippen molar-refractivity contribution in [3.8, 4) is 0 Å². The highest BCUT2D eigenvalue weighted by Gasteiger charge is 2.11. The van der Waals surface area contributed by atoms with Gasteiger partial charge in [0.15, 0.2) is 0 Å². The standard InChI is InChI=1S/C13H10BrN3O3/c14-10-3-1-7(15)5-9(10)12(18)17-8-2-4-11(13(19)20)16-6-8/h1-6H,15H2,(H,17,18)(H,19,20).